The molecule has 0 aliphatic heterocycles. The van der Waals surface area contributed by atoms with Gasteiger partial charge in [-0.15, -0.1) is 0 Å². The van der Waals surface area contributed by atoms with Crippen LogP contribution in [-0.2, 0) is 0 Å². The molecule has 2 aromatic rings. The molecule has 0 atom stereocenters. The van der Waals surface area contributed by atoms with Gasteiger partial charge in [-0.1, -0.05) is 0 Å². The monoisotopic (exact) mass is 395 g/mol. The van der Waals surface area contributed by atoms with Crippen LogP contribution in [0.1, 0.15) is 41.5 Å². The molecule has 0 aliphatic carbocycles. The molecule has 0 saturated carbocycles. The van der Waals surface area contributed by atoms with Crippen LogP contribution in [0, 0.1) is 7.14 Å². The molecule has 0 aromatic heterocycles. The number of benzene rings is 2. The first-order valence-corrected chi connectivity index (χ1v) is 11.9. The van der Waals surface area contributed by atoms with E-state index in [4.69, 9.17) is 0 Å². The summed E-state index contributed by atoms with van der Waals surface area (Å²) in [5.41, 5.74) is 0. The second-order valence-electron chi connectivity index (χ2n) is 7.29. The second-order valence-corrected chi connectivity index (χ2v) is 19.5. The third-order valence-electron chi connectivity index (χ3n) is 3.82. The zero-order valence-electron chi connectivity index (χ0n) is 14.2. The van der Waals surface area contributed by atoms with Crippen LogP contribution in [-0.4, -0.2) is 6.84 Å². The van der Waals surface area contributed by atoms with Crippen LogP contribution >= 0.6 is 0 Å². The molecule has 114 valence electrons. The minimum atomic E-state index is -2.52. The van der Waals surface area contributed by atoms with Crippen molar-refractivity contribution in [1.29, 1.82) is 0 Å². The van der Waals surface area contributed by atoms with Crippen molar-refractivity contribution in [1.82, 2.24) is 0 Å². The van der Waals surface area contributed by atoms with Gasteiger partial charge in [0.05, 0.1) is 0 Å². The van der Waals surface area contributed by atoms with Crippen molar-refractivity contribution in [3.05, 3.63) is 67.8 Å². The maximum absolute atomic E-state index is 2.52. The molecule has 0 nitrogen and oxygen atoms in total. The van der Waals surface area contributed by atoms with E-state index in [0.29, 0.717) is 0 Å². The van der Waals surface area contributed by atoms with Gasteiger partial charge in [0.15, 0.2) is 0 Å². The molecular formula is C20H28I+. The van der Waals surface area contributed by atoms with Gasteiger partial charge in [0.25, 0.3) is 0 Å². The topological polar surface area (TPSA) is 0 Å². The number of alkyl halides is 2. The van der Waals surface area contributed by atoms with Crippen LogP contribution in [0.2, 0.25) is 0 Å². The van der Waals surface area contributed by atoms with Gasteiger partial charge in [-0.05, 0) is 0 Å². The normalized spacial score (nSPS) is 14.0. The molecule has 0 radical (unpaired) electrons. The van der Waals surface area contributed by atoms with E-state index < -0.39 is 18.4 Å². The third kappa shape index (κ3) is 2.77. The van der Waals surface area contributed by atoms with Gasteiger partial charge >= 0.3 is 135 Å². The van der Waals surface area contributed by atoms with Gasteiger partial charge in [-0.3, -0.25) is 0 Å². The van der Waals surface area contributed by atoms with Gasteiger partial charge in [0.2, 0.25) is 0 Å². The van der Waals surface area contributed by atoms with E-state index in [9.17, 15) is 0 Å². The molecule has 0 amide bonds. The molecule has 0 aliphatic rings. The van der Waals surface area contributed by atoms with Crippen molar-refractivity contribution in [2.24, 2.45) is 0 Å². The van der Waals surface area contributed by atoms with Gasteiger partial charge in [0.1, 0.15) is 0 Å². The van der Waals surface area contributed by atoms with Crippen molar-refractivity contribution >= 4 is 0 Å². The number of hydrogen-bond acceptors (Lipinski definition) is 0. The Morgan fingerprint density at radius 2 is 0.810 bits per heavy atom. The molecule has 0 fully saturated rings. The fourth-order valence-corrected chi connectivity index (χ4v) is 19.5. The van der Waals surface area contributed by atoms with Crippen molar-refractivity contribution < 1.29 is 18.4 Å². The predicted octanol–water partition coefficient (Wildman–Crippen LogP) is 2.48. The van der Waals surface area contributed by atoms with E-state index in [1.54, 1.807) is 7.14 Å². The zero-order chi connectivity index (χ0) is 15.7. The number of rotatable bonds is 2. The summed E-state index contributed by atoms with van der Waals surface area (Å²) < 4.78 is 3.73. The Kier molecular flexibility index (Phi) is 4.53. The quantitative estimate of drug-likeness (QED) is 0.542. The summed E-state index contributed by atoms with van der Waals surface area (Å²) in [6, 6.07) is 22.5. The summed E-state index contributed by atoms with van der Waals surface area (Å²) in [6.45, 7) is 14.6. The molecule has 2 aromatic carbocycles. The standard InChI is InChI=1S/C20H28I/c1-19(2,3)21(20(4,5)6,17-13-9-7-10-14-17)18-15-11-8-12-16-18/h7-16H,1-6H3/q+1. The fourth-order valence-electron chi connectivity index (χ4n) is 3.49. The van der Waals surface area contributed by atoms with E-state index in [2.05, 4.69) is 102 Å². The van der Waals surface area contributed by atoms with Gasteiger partial charge in [-0.2, -0.15) is 0 Å². The van der Waals surface area contributed by atoms with Crippen LogP contribution in [0.4, 0.5) is 0 Å². The molecular weight excluding hydrogens is 367 g/mol. The molecule has 0 N–H and O–H groups in total. The summed E-state index contributed by atoms with van der Waals surface area (Å²) in [7, 11) is 0. The molecule has 0 saturated heterocycles. The van der Waals surface area contributed by atoms with E-state index in [1.165, 1.54) is 0 Å². The summed E-state index contributed by atoms with van der Waals surface area (Å²) in [6.07, 6.45) is 0. The molecule has 0 spiro atoms. The van der Waals surface area contributed by atoms with Gasteiger partial charge in [0, 0.05) is 0 Å². The number of halogens is 1. The Morgan fingerprint density at radius 1 is 0.524 bits per heavy atom. The van der Waals surface area contributed by atoms with Crippen molar-refractivity contribution in [3.63, 3.8) is 0 Å². The fraction of sp³-hybridized carbons (Fsp3) is 0.400. The Bertz CT molecular complexity index is 515. The van der Waals surface area contributed by atoms with Gasteiger partial charge < -0.3 is 0 Å². The van der Waals surface area contributed by atoms with Crippen molar-refractivity contribution in [3.8, 4) is 0 Å². The van der Waals surface area contributed by atoms with E-state index in [1.807, 2.05) is 0 Å². The SMILES string of the molecule is CC(C)(C)[I+](c1ccccc1)(c1ccccc1)C(C)(C)C. The maximum atomic E-state index is 2.44. The minimum absolute atomic E-state index is 0.285. The first-order valence-electron chi connectivity index (χ1n) is 7.58. The average molecular weight is 395 g/mol. The summed E-state index contributed by atoms with van der Waals surface area (Å²) in [5.74, 6) is 0. The molecule has 21 heavy (non-hydrogen) atoms. The molecule has 0 heterocycles. The van der Waals surface area contributed by atoms with Crippen LogP contribution in [0.15, 0.2) is 60.7 Å². The predicted molar refractivity (Wildman–Crippen MR) is 89.8 cm³/mol. The Morgan fingerprint density at radius 3 is 1.05 bits per heavy atom. The zero-order valence-corrected chi connectivity index (χ0v) is 16.3. The molecule has 1 heteroatoms. The second kappa shape index (κ2) is 5.75. The number of hydrogen-bond donors (Lipinski definition) is 0. The Balaban J connectivity index is 2.87. The summed E-state index contributed by atoms with van der Waals surface area (Å²) in [4.78, 5) is 0. The Labute approximate surface area is 134 Å². The van der Waals surface area contributed by atoms with Crippen LogP contribution in [0.5, 0.6) is 0 Å². The Hall–Kier alpha value is -0.830. The van der Waals surface area contributed by atoms with Crippen LogP contribution in [0.25, 0.3) is 0 Å². The van der Waals surface area contributed by atoms with Crippen molar-refractivity contribution in [2.75, 3.05) is 0 Å². The molecule has 0 bridgehead atoms. The van der Waals surface area contributed by atoms with Crippen molar-refractivity contribution in [2.45, 2.75) is 48.4 Å². The summed E-state index contributed by atoms with van der Waals surface area (Å²) >= 11 is -2.52. The third-order valence-corrected chi connectivity index (χ3v) is 18.7. The molecule has 0 unspecified atom stereocenters. The molecule has 2 rings (SSSR count). The van der Waals surface area contributed by atoms with E-state index in [-0.39, 0.29) is 6.84 Å². The summed E-state index contributed by atoms with van der Waals surface area (Å²) in [5, 5.41) is 0. The first-order chi connectivity index (χ1) is 9.71. The van der Waals surface area contributed by atoms with Crippen LogP contribution in [0.3, 0.4) is 0 Å². The van der Waals surface area contributed by atoms with E-state index >= 15 is 0 Å². The average Bonchev–Trinajstić information content (AvgIpc) is 2.38. The van der Waals surface area contributed by atoms with Crippen LogP contribution < -0.4 is 18.4 Å². The van der Waals surface area contributed by atoms with E-state index in [0.717, 1.165) is 0 Å². The van der Waals surface area contributed by atoms with Gasteiger partial charge in [-0.25, -0.2) is 0 Å². The first kappa shape index (κ1) is 16.5.